The normalized spacial score (nSPS) is 12.5. The molecule has 1 aliphatic carbocycles. The predicted octanol–water partition coefficient (Wildman–Crippen LogP) is 15.8. The standard InChI is InChI=1S/C56H41N3.C2H6/c1-5-16-34(3)42(6-2)53-35(4)57-54(55(58-53)37-18-8-7-9-19-37)38-25-28-41(29-26-38)59-50-32-40-21-11-10-20-39(40)31-48(50)52-45-24-15-14-23-44(45)51-46-30-27-36-17-12-13-22-43(36)47(46)33-49(51)56(52)59;1-2/h5-32H,2,33H2,1,3-4H3;1-2H3/b16-5-,42-34+;. The fraction of sp³-hybridized carbons (Fsp3) is 0.103. The van der Waals surface area contributed by atoms with Gasteiger partial charge in [0.25, 0.3) is 0 Å². The van der Waals surface area contributed by atoms with Crippen LogP contribution < -0.4 is 0 Å². The van der Waals surface area contributed by atoms with E-state index in [-0.39, 0.29) is 0 Å². The number of fused-ring (bicyclic) bond motifs is 13. The summed E-state index contributed by atoms with van der Waals surface area (Å²) in [5, 5.41) is 10.3. The van der Waals surface area contributed by atoms with Gasteiger partial charge < -0.3 is 4.57 Å². The molecular weight excluding hydrogens is 739 g/mol. The van der Waals surface area contributed by atoms with E-state index in [1.54, 1.807) is 0 Å². The minimum Gasteiger partial charge on any atom is -0.309 e. The Bertz CT molecular complexity index is 3430. The molecule has 61 heavy (non-hydrogen) atoms. The molecule has 0 amide bonds. The van der Waals surface area contributed by atoms with Crippen molar-refractivity contribution in [3.05, 3.63) is 205 Å². The van der Waals surface area contributed by atoms with Gasteiger partial charge in [-0.15, -0.1) is 0 Å². The molecule has 0 atom stereocenters. The molecule has 0 N–H and O–H groups in total. The quantitative estimate of drug-likeness (QED) is 0.157. The summed E-state index contributed by atoms with van der Waals surface area (Å²) in [5.74, 6) is 0. The molecule has 0 aliphatic heterocycles. The summed E-state index contributed by atoms with van der Waals surface area (Å²) in [6, 6.07) is 55.5. The molecule has 0 saturated heterocycles. The third-order valence-corrected chi connectivity index (χ3v) is 12.4. The van der Waals surface area contributed by atoms with Crippen LogP contribution >= 0.6 is 0 Å². The van der Waals surface area contributed by atoms with Crippen molar-refractivity contribution in [3.63, 3.8) is 0 Å². The van der Waals surface area contributed by atoms with E-state index in [4.69, 9.17) is 9.97 Å². The largest absolute Gasteiger partial charge is 0.309 e. The Morgan fingerprint density at radius 1 is 0.623 bits per heavy atom. The zero-order valence-electron chi connectivity index (χ0n) is 35.4. The van der Waals surface area contributed by atoms with Crippen LogP contribution in [0.2, 0.25) is 0 Å². The van der Waals surface area contributed by atoms with Crippen LogP contribution in [0.4, 0.5) is 0 Å². The zero-order chi connectivity index (χ0) is 41.8. The van der Waals surface area contributed by atoms with E-state index < -0.39 is 0 Å². The Labute approximate surface area is 357 Å². The van der Waals surface area contributed by atoms with Crippen molar-refractivity contribution in [2.45, 2.75) is 41.0 Å². The molecule has 8 aromatic carbocycles. The number of nitrogens with zero attached hydrogens (tertiary/aromatic N) is 3. The highest BCUT2D eigenvalue weighted by Gasteiger charge is 2.29. The van der Waals surface area contributed by atoms with Crippen molar-refractivity contribution in [1.29, 1.82) is 0 Å². The number of aryl methyl sites for hydroxylation is 1. The van der Waals surface area contributed by atoms with Crippen LogP contribution in [0.25, 0.3) is 99.0 Å². The molecule has 3 nitrogen and oxygen atoms in total. The minimum atomic E-state index is 0.849. The molecule has 0 unspecified atom stereocenters. The van der Waals surface area contributed by atoms with E-state index in [2.05, 4.69) is 177 Å². The van der Waals surface area contributed by atoms with Crippen molar-refractivity contribution in [2.24, 2.45) is 0 Å². The number of benzene rings is 8. The van der Waals surface area contributed by atoms with Crippen LogP contribution in [0.5, 0.6) is 0 Å². The first kappa shape index (κ1) is 37.9. The van der Waals surface area contributed by atoms with Gasteiger partial charge in [-0.1, -0.05) is 166 Å². The third-order valence-electron chi connectivity index (χ3n) is 12.4. The van der Waals surface area contributed by atoms with Crippen LogP contribution in [0.3, 0.4) is 0 Å². The van der Waals surface area contributed by atoms with Gasteiger partial charge in [0.15, 0.2) is 0 Å². The van der Waals surface area contributed by atoms with Gasteiger partial charge in [-0.05, 0) is 105 Å². The van der Waals surface area contributed by atoms with E-state index in [0.717, 1.165) is 57.2 Å². The highest BCUT2D eigenvalue weighted by atomic mass is 15.0. The molecular formula is C58H47N3. The van der Waals surface area contributed by atoms with Crippen LogP contribution in [0.1, 0.15) is 50.2 Å². The van der Waals surface area contributed by atoms with E-state index in [1.807, 2.05) is 39.0 Å². The van der Waals surface area contributed by atoms with Gasteiger partial charge >= 0.3 is 0 Å². The highest BCUT2D eigenvalue weighted by Crippen LogP contribution is 2.51. The van der Waals surface area contributed by atoms with Gasteiger partial charge in [-0.25, -0.2) is 9.97 Å². The van der Waals surface area contributed by atoms with Gasteiger partial charge in [-0.2, -0.15) is 0 Å². The van der Waals surface area contributed by atoms with E-state index >= 15 is 0 Å². The smallest absolute Gasteiger partial charge is 0.0973 e. The molecule has 0 bridgehead atoms. The van der Waals surface area contributed by atoms with Gasteiger partial charge in [-0.3, -0.25) is 0 Å². The van der Waals surface area contributed by atoms with Crippen molar-refractivity contribution in [3.8, 4) is 39.3 Å². The first-order valence-electron chi connectivity index (χ1n) is 21.4. The maximum atomic E-state index is 5.36. The average Bonchev–Trinajstić information content (AvgIpc) is 3.87. The molecule has 3 heteroatoms. The topological polar surface area (TPSA) is 30.7 Å². The summed E-state index contributed by atoms with van der Waals surface area (Å²) in [5.41, 5.74) is 16.7. The lowest BCUT2D eigenvalue weighted by atomic mass is 9.93. The molecule has 294 valence electrons. The average molecular weight is 786 g/mol. The Kier molecular flexibility index (Phi) is 9.53. The molecule has 0 spiro atoms. The molecule has 0 saturated carbocycles. The molecule has 2 heterocycles. The number of allylic oxidation sites excluding steroid dienone is 5. The van der Waals surface area contributed by atoms with Gasteiger partial charge in [0, 0.05) is 39.6 Å². The molecule has 0 radical (unpaired) electrons. The maximum absolute atomic E-state index is 5.36. The van der Waals surface area contributed by atoms with E-state index in [0.29, 0.717) is 0 Å². The lowest BCUT2D eigenvalue weighted by Gasteiger charge is -2.16. The highest BCUT2D eigenvalue weighted by molar-refractivity contribution is 6.28. The third kappa shape index (κ3) is 6.03. The minimum absolute atomic E-state index is 0.849. The van der Waals surface area contributed by atoms with Crippen LogP contribution in [0, 0.1) is 6.92 Å². The molecule has 10 aromatic rings. The summed E-state index contributed by atoms with van der Waals surface area (Å²) in [6.45, 7) is 14.3. The molecule has 11 rings (SSSR count). The number of rotatable bonds is 6. The number of aromatic nitrogens is 3. The molecule has 0 fully saturated rings. The Balaban J connectivity index is 0.00000220. The van der Waals surface area contributed by atoms with Crippen LogP contribution in [-0.4, -0.2) is 14.5 Å². The summed E-state index contributed by atoms with van der Waals surface area (Å²) in [6.07, 6.45) is 6.92. The van der Waals surface area contributed by atoms with E-state index in [1.165, 1.54) is 76.4 Å². The van der Waals surface area contributed by atoms with Crippen LogP contribution in [-0.2, 0) is 6.42 Å². The Hall–Kier alpha value is -7.36. The fourth-order valence-electron chi connectivity index (χ4n) is 9.74. The van der Waals surface area contributed by atoms with Gasteiger partial charge in [0.1, 0.15) is 0 Å². The van der Waals surface area contributed by atoms with Crippen molar-refractivity contribution in [1.82, 2.24) is 14.5 Å². The van der Waals surface area contributed by atoms with Gasteiger partial charge in [0.05, 0.1) is 33.8 Å². The molecule has 1 aliphatic rings. The van der Waals surface area contributed by atoms with Crippen molar-refractivity contribution >= 4 is 59.7 Å². The van der Waals surface area contributed by atoms with E-state index in [9.17, 15) is 0 Å². The summed E-state index contributed by atoms with van der Waals surface area (Å²) in [7, 11) is 0. The maximum Gasteiger partial charge on any atom is 0.0973 e. The van der Waals surface area contributed by atoms with Gasteiger partial charge in [0.2, 0.25) is 0 Å². The Morgan fingerprint density at radius 2 is 1.25 bits per heavy atom. The summed E-state index contributed by atoms with van der Waals surface area (Å²) in [4.78, 5) is 10.7. The second-order valence-corrected chi connectivity index (χ2v) is 15.7. The SMILES string of the molecule is C=C/C(=C(C)\C=C/C)c1nc(-c2ccccc2)c(-c2ccc(-n3c4cc5ccccc5cc4c4c5ccccc5c5c(c43)Cc3c-5ccc4ccccc34)cc2)nc1C.CC. The molecule has 2 aromatic heterocycles. The lowest BCUT2D eigenvalue weighted by Crippen LogP contribution is -2.03. The predicted molar refractivity (Wildman–Crippen MR) is 262 cm³/mol. The summed E-state index contributed by atoms with van der Waals surface area (Å²) < 4.78 is 2.53. The summed E-state index contributed by atoms with van der Waals surface area (Å²) >= 11 is 0. The second-order valence-electron chi connectivity index (χ2n) is 15.7. The number of hydrogen-bond acceptors (Lipinski definition) is 2. The second kappa shape index (κ2) is 15.3. The number of hydrogen-bond donors (Lipinski definition) is 0. The monoisotopic (exact) mass is 785 g/mol. The first-order valence-corrected chi connectivity index (χ1v) is 21.4. The first-order chi connectivity index (χ1) is 30.0. The van der Waals surface area contributed by atoms with Crippen molar-refractivity contribution in [2.75, 3.05) is 0 Å². The fourth-order valence-corrected chi connectivity index (χ4v) is 9.74. The zero-order valence-corrected chi connectivity index (χ0v) is 35.4. The Morgan fingerprint density at radius 3 is 1.97 bits per heavy atom. The van der Waals surface area contributed by atoms with Crippen molar-refractivity contribution < 1.29 is 0 Å². The van der Waals surface area contributed by atoms with Crippen LogP contribution in [0.15, 0.2) is 182 Å². The lowest BCUT2D eigenvalue weighted by molar-refractivity contribution is 1.10.